The van der Waals surface area contributed by atoms with Crippen LogP contribution in [-0.2, 0) is 6.54 Å². The molecule has 1 N–H and O–H groups in total. The van der Waals surface area contributed by atoms with Gasteiger partial charge in [-0.05, 0) is 24.3 Å². The monoisotopic (exact) mass is 315 g/mol. The van der Waals surface area contributed by atoms with Crippen molar-refractivity contribution in [3.8, 4) is 11.4 Å². The molecule has 0 radical (unpaired) electrons. The lowest BCUT2D eigenvalue weighted by atomic mass is 10.3. The number of amides is 1. The van der Waals surface area contributed by atoms with Gasteiger partial charge < -0.3 is 10.1 Å². The van der Waals surface area contributed by atoms with Gasteiger partial charge in [-0.25, -0.2) is 9.67 Å². The van der Waals surface area contributed by atoms with E-state index < -0.39 is 0 Å². The molecule has 7 nitrogen and oxygen atoms in total. The van der Waals surface area contributed by atoms with Crippen molar-refractivity contribution in [1.29, 1.82) is 0 Å². The molecule has 0 saturated carbocycles. The molecule has 2 heterocycles. The summed E-state index contributed by atoms with van der Waals surface area (Å²) in [6.45, 7) is 0.298. The summed E-state index contributed by atoms with van der Waals surface area (Å²) >= 11 is 1.38. The fourth-order valence-electron chi connectivity index (χ4n) is 1.83. The van der Waals surface area contributed by atoms with Gasteiger partial charge in [-0.15, -0.1) is 16.4 Å². The molecule has 0 saturated heterocycles. The maximum atomic E-state index is 11.8. The van der Waals surface area contributed by atoms with Crippen LogP contribution in [0.1, 0.15) is 16.2 Å². The van der Waals surface area contributed by atoms with Crippen molar-refractivity contribution < 1.29 is 9.53 Å². The van der Waals surface area contributed by atoms with Gasteiger partial charge in [-0.3, -0.25) is 4.79 Å². The van der Waals surface area contributed by atoms with Crippen molar-refractivity contribution in [2.75, 3.05) is 7.11 Å². The van der Waals surface area contributed by atoms with E-state index in [2.05, 4.69) is 20.6 Å². The Balaban J connectivity index is 1.64. The smallest absolute Gasteiger partial charge is 0.271 e. The highest BCUT2D eigenvalue weighted by atomic mass is 32.1. The zero-order valence-electron chi connectivity index (χ0n) is 11.8. The minimum Gasteiger partial charge on any atom is -0.497 e. The van der Waals surface area contributed by atoms with Crippen LogP contribution in [0.4, 0.5) is 0 Å². The Morgan fingerprint density at radius 3 is 2.86 bits per heavy atom. The molecule has 112 valence electrons. The number of ether oxygens (including phenoxy) is 1. The highest BCUT2D eigenvalue weighted by Gasteiger charge is 2.09. The van der Waals surface area contributed by atoms with Crippen molar-refractivity contribution >= 4 is 17.2 Å². The summed E-state index contributed by atoms with van der Waals surface area (Å²) in [6.07, 6.45) is 1.77. The number of carbonyl (C=O) groups excluding carboxylic acids is 1. The Labute approximate surface area is 130 Å². The van der Waals surface area contributed by atoms with E-state index in [-0.39, 0.29) is 5.91 Å². The molecular formula is C14H13N5O2S. The molecule has 1 aromatic carbocycles. The Kier molecular flexibility index (Phi) is 4.10. The number of methoxy groups -OCH3 is 1. The molecule has 22 heavy (non-hydrogen) atoms. The molecule has 0 fully saturated rings. The zero-order valence-corrected chi connectivity index (χ0v) is 12.6. The number of nitrogens with one attached hydrogen (secondary N) is 1. The summed E-state index contributed by atoms with van der Waals surface area (Å²) in [5.41, 5.74) is 3.56. The Morgan fingerprint density at radius 2 is 2.18 bits per heavy atom. The Morgan fingerprint density at radius 1 is 1.36 bits per heavy atom. The standard InChI is InChI=1S/C14H13N5O2S/c1-21-12-4-2-11(3-5-12)19-7-10(17-18-19)6-15-14(20)13-8-22-9-16-13/h2-5,7-9H,6H2,1H3,(H,15,20). The second-order valence-corrected chi connectivity index (χ2v) is 5.13. The van der Waals surface area contributed by atoms with E-state index in [1.165, 1.54) is 11.3 Å². The maximum absolute atomic E-state index is 11.8. The van der Waals surface area contributed by atoms with E-state index >= 15 is 0 Å². The number of hydrogen-bond donors (Lipinski definition) is 1. The molecule has 0 spiro atoms. The number of carbonyl (C=O) groups is 1. The summed E-state index contributed by atoms with van der Waals surface area (Å²) in [6, 6.07) is 7.46. The van der Waals surface area contributed by atoms with E-state index in [4.69, 9.17) is 4.74 Å². The van der Waals surface area contributed by atoms with Crippen LogP contribution in [0.5, 0.6) is 5.75 Å². The van der Waals surface area contributed by atoms with Crippen LogP contribution in [0, 0.1) is 0 Å². The third kappa shape index (κ3) is 3.12. The van der Waals surface area contributed by atoms with Gasteiger partial charge in [0.1, 0.15) is 17.1 Å². The third-order valence-electron chi connectivity index (χ3n) is 2.97. The van der Waals surface area contributed by atoms with Gasteiger partial charge in [0.15, 0.2) is 0 Å². The summed E-state index contributed by atoms with van der Waals surface area (Å²) in [7, 11) is 1.62. The SMILES string of the molecule is COc1ccc(-n2cc(CNC(=O)c3cscn3)nn2)cc1. The molecule has 1 amide bonds. The number of rotatable bonds is 5. The minimum atomic E-state index is -0.222. The van der Waals surface area contributed by atoms with E-state index in [1.54, 1.807) is 28.9 Å². The molecule has 8 heteroatoms. The molecule has 3 aromatic rings. The van der Waals surface area contributed by atoms with Gasteiger partial charge in [0, 0.05) is 5.38 Å². The van der Waals surface area contributed by atoms with Gasteiger partial charge in [0.2, 0.25) is 0 Å². The molecule has 2 aromatic heterocycles. The summed E-state index contributed by atoms with van der Waals surface area (Å²) < 4.78 is 6.76. The first kappa shape index (κ1) is 14.2. The second-order valence-electron chi connectivity index (χ2n) is 4.41. The number of thiazole rings is 1. The maximum Gasteiger partial charge on any atom is 0.271 e. The van der Waals surface area contributed by atoms with E-state index in [9.17, 15) is 4.79 Å². The minimum absolute atomic E-state index is 0.222. The lowest BCUT2D eigenvalue weighted by Crippen LogP contribution is -2.23. The first-order chi connectivity index (χ1) is 10.8. The van der Waals surface area contributed by atoms with Crippen LogP contribution in [0.2, 0.25) is 0 Å². The highest BCUT2D eigenvalue weighted by molar-refractivity contribution is 7.07. The van der Waals surface area contributed by atoms with Crippen molar-refractivity contribution in [2.45, 2.75) is 6.54 Å². The number of aromatic nitrogens is 4. The fourth-order valence-corrected chi connectivity index (χ4v) is 2.36. The molecule has 0 aliphatic carbocycles. The third-order valence-corrected chi connectivity index (χ3v) is 3.56. The molecule has 0 unspecified atom stereocenters. The predicted octanol–water partition coefficient (Wildman–Crippen LogP) is 1.66. The quantitative estimate of drug-likeness (QED) is 0.774. The largest absolute Gasteiger partial charge is 0.497 e. The van der Waals surface area contributed by atoms with Gasteiger partial charge in [0.05, 0.1) is 31.0 Å². The topological polar surface area (TPSA) is 81.9 Å². The first-order valence-electron chi connectivity index (χ1n) is 6.48. The van der Waals surface area contributed by atoms with Crippen LogP contribution < -0.4 is 10.1 Å². The molecule has 0 aliphatic heterocycles. The van der Waals surface area contributed by atoms with Gasteiger partial charge in [-0.2, -0.15) is 0 Å². The zero-order chi connectivity index (χ0) is 15.4. The van der Waals surface area contributed by atoms with Crippen LogP contribution in [0.15, 0.2) is 41.4 Å². The number of nitrogens with zero attached hydrogens (tertiary/aromatic N) is 4. The van der Waals surface area contributed by atoms with E-state index in [0.29, 0.717) is 17.9 Å². The molecule has 3 rings (SSSR count). The van der Waals surface area contributed by atoms with E-state index in [1.807, 2.05) is 24.3 Å². The fraction of sp³-hybridized carbons (Fsp3) is 0.143. The second kappa shape index (κ2) is 6.35. The molecule has 0 atom stereocenters. The highest BCUT2D eigenvalue weighted by Crippen LogP contribution is 2.14. The lowest BCUT2D eigenvalue weighted by molar-refractivity contribution is 0.0946. The number of hydrogen-bond acceptors (Lipinski definition) is 6. The van der Waals surface area contributed by atoms with E-state index in [0.717, 1.165) is 11.4 Å². The van der Waals surface area contributed by atoms with Gasteiger partial charge in [-0.1, -0.05) is 5.21 Å². The van der Waals surface area contributed by atoms with Gasteiger partial charge >= 0.3 is 0 Å². The van der Waals surface area contributed by atoms with Crippen molar-refractivity contribution in [3.05, 3.63) is 52.7 Å². The molecular weight excluding hydrogens is 302 g/mol. The summed E-state index contributed by atoms with van der Waals surface area (Å²) in [4.78, 5) is 15.7. The lowest BCUT2D eigenvalue weighted by Gasteiger charge is -2.02. The number of benzene rings is 1. The average molecular weight is 315 g/mol. The predicted molar refractivity (Wildman–Crippen MR) is 81.2 cm³/mol. The Bertz CT molecular complexity index is 752. The average Bonchev–Trinajstić information content (AvgIpc) is 3.24. The molecule has 0 aliphatic rings. The van der Waals surface area contributed by atoms with Crippen molar-refractivity contribution in [3.63, 3.8) is 0 Å². The van der Waals surface area contributed by atoms with Crippen molar-refractivity contribution in [2.24, 2.45) is 0 Å². The normalized spacial score (nSPS) is 10.4. The van der Waals surface area contributed by atoms with Crippen molar-refractivity contribution in [1.82, 2.24) is 25.3 Å². The Hall–Kier alpha value is -2.74. The van der Waals surface area contributed by atoms with Crippen LogP contribution in [-0.4, -0.2) is 33.0 Å². The van der Waals surface area contributed by atoms with Crippen LogP contribution >= 0.6 is 11.3 Å². The van der Waals surface area contributed by atoms with Crippen LogP contribution in [0.25, 0.3) is 5.69 Å². The molecule has 0 bridgehead atoms. The summed E-state index contributed by atoms with van der Waals surface area (Å²) in [5.74, 6) is 0.555. The summed E-state index contributed by atoms with van der Waals surface area (Å²) in [5, 5.41) is 12.5. The van der Waals surface area contributed by atoms with Gasteiger partial charge in [0.25, 0.3) is 5.91 Å². The first-order valence-corrected chi connectivity index (χ1v) is 7.42. The van der Waals surface area contributed by atoms with Crippen LogP contribution in [0.3, 0.4) is 0 Å².